The Hall–Kier alpha value is -0.610. The number of nitrogens with zero attached hydrogens (tertiary/aromatic N) is 2. The molecule has 2 rings (SSSR count). The first-order chi connectivity index (χ1) is 7.09. The average Bonchev–Trinajstić information content (AvgIpc) is 2.44. The molecule has 0 spiro atoms. The van der Waals surface area contributed by atoms with Crippen molar-refractivity contribution < 1.29 is 2.74 Å². The minimum atomic E-state index is 0.0502. The zero-order valence-corrected chi connectivity index (χ0v) is 9.63. The monoisotopic (exact) mass is 302 g/mol. The third kappa shape index (κ3) is 2.00. The lowest BCUT2D eigenvalue weighted by molar-refractivity contribution is 1.06. The summed E-state index contributed by atoms with van der Waals surface area (Å²) in [5, 5.41) is 0. The van der Waals surface area contributed by atoms with Crippen LogP contribution in [-0.4, -0.2) is 9.55 Å². The van der Waals surface area contributed by atoms with Gasteiger partial charge in [-0.25, -0.2) is 4.98 Å². The molecule has 0 aliphatic carbocycles. The van der Waals surface area contributed by atoms with E-state index in [2.05, 4.69) is 36.8 Å². The molecule has 0 saturated carbocycles. The second kappa shape index (κ2) is 3.64. The molecule has 0 saturated heterocycles. The number of benzene rings is 1. The summed E-state index contributed by atoms with van der Waals surface area (Å²) in [5.41, 5.74) is 0.756. The molecule has 0 aliphatic rings. The summed E-state index contributed by atoms with van der Waals surface area (Å²) < 4.78 is 18.1. The van der Waals surface area contributed by atoms with Crippen molar-refractivity contribution in [1.29, 1.82) is 0 Å². The second-order valence-corrected chi connectivity index (χ2v) is 4.09. The average molecular weight is 304 g/mol. The number of rotatable bonds is 1. The SMILES string of the molecule is [2H]c1nc(Br)c([2H])n1-c1ccc(Br)cc1. The molecule has 66 valence electrons. The lowest BCUT2D eigenvalue weighted by atomic mass is 10.3. The molecule has 0 unspecified atom stereocenters. The third-order valence-corrected chi connectivity index (χ3v) is 2.42. The van der Waals surface area contributed by atoms with Gasteiger partial charge in [0.25, 0.3) is 0 Å². The molecule has 1 heterocycles. The minimum absolute atomic E-state index is 0.0502. The summed E-state index contributed by atoms with van der Waals surface area (Å²) >= 11 is 6.46. The summed E-state index contributed by atoms with van der Waals surface area (Å²) in [7, 11) is 0. The molecule has 2 aromatic rings. The van der Waals surface area contributed by atoms with Crippen LogP contribution in [0.3, 0.4) is 0 Å². The Bertz CT molecular complexity index is 494. The Balaban J connectivity index is 2.58. The molecule has 0 bridgehead atoms. The summed E-state index contributed by atoms with van der Waals surface area (Å²) in [4.78, 5) is 3.86. The zero-order valence-electron chi connectivity index (χ0n) is 8.46. The fourth-order valence-corrected chi connectivity index (χ4v) is 1.47. The van der Waals surface area contributed by atoms with Crippen molar-refractivity contribution >= 4 is 31.9 Å². The molecule has 0 atom stereocenters. The molecule has 4 heteroatoms. The number of aromatic nitrogens is 2. The fraction of sp³-hybridized carbons (Fsp3) is 0. The molecule has 0 N–H and O–H groups in total. The van der Waals surface area contributed by atoms with Gasteiger partial charge in [0.1, 0.15) is 12.3 Å². The highest BCUT2D eigenvalue weighted by Crippen LogP contribution is 2.15. The van der Waals surface area contributed by atoms with E-state index in [-0.39, 0.29) is 12.5 Å². The minimum Gasteiger partial charge on any atom is -0.305 e. The van der Waals surface area contributed by atoms with Gasteiger partial charge < -0.3 is 4.57 Å². The highest BCUT2D eigenvalue weighted by molar-refractivity contribution is 9.10. The van der Waals surface area contributed by atoms with Crippen LogP contribution < -0.4 is 0 Å². The Kier molecular flexibility index (Phi) is 1.90. The van der Waals surface area contributed by atoms with Gasteiger partial charge in [-0.1, -0.05) is 15.9 Å². The lowest BCUT2D eigenvalue weighted by Gasteiger charge is -2.00. The predicted molar refractivity (Wildman–Crippen MR) is 59.0 cm³/mol. The van der Waals surface area contributed by atoms with Gasteiger partial charge >= 0.3 is 0 Å². The largest absolute Gasteiger partial charge is 0.305 e. The molecule has 0 amide bonds. The van der Waals surface area contributed by atoms with Gasteiger partial charge in [0.15, 0.2) is 0 Å². The molecule has 2 nitrogen and oxygen atoms in total. The van der Waals surface area contributed by atoms with Gasteiger partial charge in [-0.15, -0.1) is 0 Å². The van der Waals surface area contributed by atoms with E-state index >= 15 is 0 Å². The van der Waals surface area contributed by atoms with E-state index in [9.17, 15) is 0 Å². The number of hydrogen-bond acceptors (Lipinski definition) is 1. The van der Waals surface area contributed by atoms with Gasteiger partial charge in [0.2, 0.25) is 0 Å². The predicted octanol–water partition coefficient (Wildman–Crippen LogP) is 3.40. The van der Waals surface area contributed by atoms with E-state index in [4.69, 9.17) is 2.74 Å². The maximum atomic E-state index is 7.73. The molecule has 0 radical (unpaired) electrons. The van der Waals surface area contributed by atoms with Crippen molar-refractivity contribution in [2.24, 2.45) is 0 Å². The van der Waals surface area contributed by atoms with Crippen molar-refractivity contribution in [1.82, 2.24) is 9.55 Å². The van der Waals surface area contributed by atoms with Gasteiger partial charge in [0.05, 0.1) is 1.37 Å². The zero-order chi connectivity index (χ0) is 11.0. The molecule has 13 heavy (non-hydrogen) atoms. The van der Waals surface area contributed by atoms with Crippen LogP contribution in [0, 0.1) is 0 Å². The standard InChI is InChI=1S/C9H6Br2N2/c10-7-1-3-8(4-2-7)13-5-9(11)12-6-13/h1-6H/i5D,6D. The molecular weight excluding hydrogens is 296 g/mol. The molecule has 0 fully saturated rings. The molecule has 1 aromatic carbocycles. The number of hydrogen-bond donors (Lipinski definition) is 0. The van der Waals surface area contributed by atoms with Crippen LogP contribution >= 0.6 is 31.9 Å². The quantitative estimate of drug-likeness (QED) is 0.789. The Morgan fingerprint density at radius 3 is 2.46 bits per heavy atom. The van der Waals surface area contributed by atoms with Crippen LogP contribution in [-0.2, 0) is 0 Å². The van der Waals surface area contributed by atoms with Crippen LogP contribution in [0.2, 0.25) is 0 Å². The van der Waals surface area contributed by atoms with Gasteiger partial charge in [-0.3, -0.25) is 0 Å². The first-order valence-electron chi connectivity index (χ1n) is 4.57. The number of imidazole rings is 1. The van der Waals surface area contributed by atoms with E-state index in [0.29, 0.717) is 4.60 Å². The van der Waals surface area contributed by atoms with Crippen molar-refractivity contribution in [2.75, 3.05) is 0 Å². The number of halogens is 2. The Labute approximate surface area is 95.7 Å². The van der Waals surface area contributed by atoms with Crippen LogP contribution in [0.25, 0.3) is 5.69 Å². The van der Waals surface area contributed by atoms with Crippen LogP contribution in [0.4, 0.5) is 0 Å². The Morgan fingerprint density at radius 2 is 1.92 bits per heavy atom. The van der Waals surface area contributed by atoms with Crippen molar-refractivity contribution in [3.8, 4) is 5.69 Å². The molecule has 1 aromatic heterocycles. The Morgan fingerprint density at radius 1 is 1.23 bits per heavy atom. The highest BCUT2D eigenvalue weighted by Gasteiger charge is 1.97. The first-order valence-corrected chi connectivity index (χ1v) is 5.15. The first kappa shape index (κ1) is 6.79. The maximum absolute atomic E-state index is 7.73. The summed E-state index contributed by atoms with van der Waals surface area (Å²) in [6, 6.07) is 7.38. The van der Waals surface area contributed by atoms with Gasteiger partial charge in [-0.05, 0) is 40.2 Å². The topological polar surface area (TPSA) is 17.8 Å². The summed E-state index contributed by atoms with van der Waals surface area (Å²) in [5.74, 6) is 0. The summed E-state index contributed by atoms with van der Waals surface area (Å²) in [6.45, 7) is 0. The molecular formula is C9H6Br2N2. The van der Waals surface area contributed by atoms with Gasteiger partial charge in [0, 0.05) is 16.3 Å². The van der Waals surface area contributed by atoms with E-state index in [1.807, 2.05) is 24.3 Å². The summed E-state index contributed by atoms with van der Waals surface area (Å²) in [6.07, 6.45) is 0.233. The van der Waals surface area contributed by atoms with Crippen LogP contribution in [0.15, 0.2) is 45.8 Å². The van der Waals surface area contributed by atoms with E-state index in [1.54, 1.807) is 0 Å². The van der Waals surface area contributed by atoms with Crippen molar-refractivity contribution in [3.63, 3.8) is 0 Å². The lowest BCUT2D eigenvalue weighted by Crippen LogP contribution is -1.87. The van der Waals surface area contributed by atoms with Crippen LogP contribution in [0.1, 0.15) is 2.74 Å². The maximum Gasteiger partial charge on any atom is 0.124 e. The van der Waals surface area contributed by atoms with E-state index in [1.165, 1.54) is 4.57 Å². The van der Waals surface area contributed by atoms with E-state index in [0.717, 1.165) is 10.2 Å². The normalized spacial score (nSPS) is 12.5. The van der Waals surface area contributed by atoms with Crippen molar-refractivity contribution in [3.05, 3.63) is 45.8 Å². The highest BCUT2D eigenvalue weighted by atomic mass is 79.9. The second-order valence-electron chi connectivity index (χ2n) is 2.43. The van der Waals surface area contributed by atoms with E-state index < -0.39 is 0 Å². The van der Waals surface area contributed by atoms with Crippen LogP contribution in [0.5, 0.6) is 0 Å². The molecule has 0 aliphatic heterocycles. The van der Waals surface area contributed by atoms with Gasteiger partial charge in [-0.2, -0.15) is 0 Å². The fourth-order valence-electron chi connectivity index (χ4n) is 0.949. The van der Waals surface area contributed by atoms with Crippen molar-refractivity contribution in [2.45, 2.75) is 0 Å². The third-order valence-electron chi connectivity index (χ3n) is 1.54. The smallest absolute Gasteiger partial charge is 0.124 e.